The standard InChI is InChI=1S/C15H16OSi/c1-16-17-12-15(13-8-4-2-5-9-13)14-10-6-3-7-11-14/h2-11,15H,12H2,1H3. The summed E-state index contributed by atoms with van der Waals surface area (Å²) in [6, 6.07) is 22.3. The average molecular weight is 240 g/mol. The molecule has 0 heterocycles. The predicted octanol–water partition coefficient (Wildman–Crippen LogP) is 3.50. The summed E-state index contributed by atoms with van der Waals surface area (Å²) >= 11 is 0. The van der Waals surface area contributed by atoms with Crippen LogP contribution in [0.4, 0.5) is 0 Å². The molecule has 17 heavy (non-hydrogen) atoms. The van der Waals surface area contributed by atoms with Crippen molar-refractivity contribution in [1.29, 1.82) is 0 Å². The summed E-state index contributed by atoms with van der Waals surface area (Å²) in [6.07, 6.45) is 0. The molecule has 0 unspecified atom stereocenters. The maximum Gasteiger partial charge on any atom is 0.230 e. The molecule has 0 aliphatic carbocycles. The van der Waals surface area contributed by atoms with E-state index in [9.17, 15) is 0 Å². The summed E-state index contributed by atoms with van der Waals surface area (Å²) in [7, 11) is 2.32. The molecular weight excluding hydrogens is 224 g/mol. The molecule has 0 amide bonds. The van der Waals surface area contributed by atoms with Crippen molar-refractivity contribution in [2.45, 2.75) is 12.0 Å². The van der Waals surface area contributed by atoms with Gasteiger partial charge in [-0.2, -0.15) is 0 Å². The van der Waals surface area contributed by atoms with Gasteiger partial charge in [-0.1, -0.05) is 60.7 Å². The van der Waals surface area contributed by atoms with E-state index in [1.54, 1.807) is 7.11 Å². The minimum Gasteiger partial charge on any atom is -0.421 e. The molecule has 1 nitrogen and oxygen atoms in total. The van der Waals surface area contributed by atoms with Crippen LogP contribution in [0.25, 0.3) is 0 Å². The van der Waals surface area contributed by atoms with E-state index in [1.165, 1.54) is 11.1 Å². The summed E-state index contributed by atoms with van der Waals surface area (Å²) in [4.78, 5) is 0. The average Bonchev–Trinajstić information content (AvgIpc) is 2.42. The van der Waals surface area contributed by atoms with E-state index in [-0.39, 0.29) is 0 Å². The van der Waals surface area contributed by atoms with Crippen molar-refractivity contribution in [1.82, 2.24) is 0 Å². The molecule has 0 bridgehead atoms. The lowest BCUT2D eigenvalue weighted by Gasteiger charge is -2.16. The number of hydrogen-bond donors (Lipinski definition) is 0. The fourth-order valence-corrected chi connectivity index (χ4v) is 2.77. The van der Waals surface area contributed by atoms with Crippen LogP contribution in [0.3, 0.4) is 0 Å². The minimum atomic E-state index is 0.440. The maximum atomic E-state index is 5.24. The van der Waals surface area contributed by atoms with Crippen LogP contribution in [-0.2, 0) is 4.43 Å². The van der Waals surface area contributed by atoms with Gasteiger partial charge >= 0.3 is 0 Å². The van der Waals surface area contributed by atoms with Crippen molar-refractivity contribution >= 4 is 9.76 Å². The van der Waals surface area contributed by atoms with Crippen LogP contribution in [0.5, 0.6) is 0 Å². The Hall–Kier alpha value is -1.38. The molecular formula is C15H16OSi. The van der Waals surface area contributed by atoms with E-state index in [0.29, 0.717) is 15.7 Å². The SMILES string of the molecule is CO[Si]CC(c1ccccc1)c1ccccc1. The lowest BCUT2D eigenvalue weighted by molar-refractivity contribution is 0.439. The molecule has 2 radical (unpaired) electrons. The molecule has 0 aliphatic rings. The molecule has 86 valence electrons. The Balaban J connectivity index is 2.26. The first-order valence-corrected chi connectivity index (χ1v) is 6.89. The van der Waals surface area contributed by atoms with E-state index in [2.05, 4.69) is 60.7 Å². The van der Waals surface area contributed by atoms with Gasteiger partial charge in [-0.3, -0.25) is 0 Å². The molecule has 0 saturated carbocycles. The van der Waals surface area contributed by atoms with Crippen LogP contribution in [0.1, 0.15) is 17.0 Å². The molecule has 0 saturated heterocycles. The molecule has 0 atom stereocenters. The molecule has 0 spiro atoms. The van der Waals surface area contributed by atoms with Gasteiger partial charge < -0.3 is 4.43 Å². The molecule has 0 aromatic heterocycles. The Bertz CT molecular complexity index is 388. The zero-order valence-corrected chi connectivity index (χ0v) is 11.0. The summed E-state index contributed by atoms with van der Waals surface area (Å²) in [5.41, 5.74) is 2.73. The molecule has 2 aromatic carbocycles. The Labute approximate surface area is 105 Å². The smallest absolute Gasteiger partial charge is 0.230 e. The Morgan fingerprint density at radius 3 is 1.76 bits per heavy atom. The normalized spacial score (nSPS) is 10.7. The first-order chi connectivity index (χ1) is 8.42. The monoisotopic (exact) mass is 240 g/mol. The van der Waals surface area contributed by atoms with E-state index < -0.39 is 0 Å². The van der Waals surface area contributed by atoms with Gasteiger partial charge in [0.1, 0.15) is 0 Å². The second-order valence-corrected chi connectivity index (χ2v) is 5.03. The van der Waals surface area contributed by atoms with Crippen LogP contribution in [0.15, 0.2) is 60.7 Å². The number of benzene rings is 2. The molecule has 2 rings (SSSR count). The van der Waals surface area contributed by atoms with Crippen molar-refractivity contribution in [2.75, 3.05) is 7.11 Å². The molecule has 0 aliphatic heterocycles. The zero-order chi connectivity index (χ0) is 11.9. The van der Waals surface area contributed by atoms with Crippen molar-refractivity contribution in [2.24, 2.45) is 0 Å². The van der Waals surface area contributed by atoms with E-state index >= 15 is 0 Å². The zero-order valence-electron chi connectivity index (χ0n) is 9.97. The quantitative estimate of drug-likeness (QED) is 0.727. The lowest BCUT2D eigenvalue weighted by Crippen LogP contribution is -2.05. The maximum absolute atomic E-state index is 5.24. The van der Waals surface area contributed by atoms with Crippen molar-refractivity contribution in [3.8, 4) is 0 Å². The van der Waals surface area contributed by atoms with Crippen LogP contribution >= 0.6 is 0 Å². The fraction of sp³-hybridized carbons (Fsp3) is 0.200. The first kappa shape index (κ1) is 12.1. The molecule has 2 heteroatoms. The van der Waals surface area contributed by atoms with Crippen LogP contribution in [0, 0.1) is 0 Å². The number of hydrogen-bond acceptors (Lipinski definition) is 1. The first-order valence-electron chi connectivity index (χ1n) is 5.77. The Kier molecular flexibility index (Phi) is 4.53. The highest BCUT2D eigenvalue weighted by Crippen LogP contribution is 2.27. The topological polar surface area (TPSA) is 9.23 Å². The van der Waals surface area contributed by atoms with Crippen molar-refractivity contribution in [3.05, 3.63) is 71.8 Å². The Morgan fingerprint density at radius 2 is 1.35 bits per heavy atom. The summed E-state index contributed by atoms with van der Waals surface area (Å²) < 4.78 is 5.24. The third-order valence-electron chi connectivity index (χ3n) is 2.84. The largest absolute Gasteiger partial charge is 0.421 e. The minimum absolute atomic E-state index is 0.440. The van der Waals surface area contributed by atoms with Crippen LogP contribution in [-0.4, -0.2) is 16.9 Å². The van der Waals surface area contributed by atoms with Gasteiger partial charge in [-0.25, -0.2) is 0 Å². The van der Waals surface area contributed by atoms with E-state index in [0.717, 1.165) is 6.04 Å². The fourth-order valence-electron chi connectivity index (χ4n) is 1.97. The van der Waals surface area contributed by atoms with Gasteiger partial charge in [0.25, 0.3) is 0 Å². The predicted molar refractivity (Wildman–Crippen MR) is 72.3 cm³/mol. The van der Waals surface area contributed by atoms with Crippen molar-refractivity contribution < 1.29 is 4.43 Å². The van der Waals surface area contributed by atoms with Gasteiger partial charge in [-0.15, -0.1) is 0 Å². The van der Waals surface area contributed by atoms with E-state index in [4.69, 9.17) is 4.43 Å². The van der Waals surface area contributed by atoms with Gasteiger partial charge in [-0.05, 0) is 17.2 Å². The summed E-state index contributed by atoms with van der Waals surface area (Å²) in [6.45, 7) is 0. The highest BCUT2D eigenvalue weighted by atomic mass is 28.2. The van der Waals surface area contributed by atoms with Crippen LogP contribution in [0.2, 0.25) is 6.04 Å². The van der Waals surface area contributed by atoms with Crippen molar-refractivity contribution in [3.63, 3.8) is 0 Å². The second-order valence-electron chi connectivity index (χ2n) is 3.93. The Morgan fingerprint density at radius 1 is 0.882 bits per heavy atom. The van der Waals surface area contributed by atoms with Gasteiger partial charge in [0.15, 0.2) is 0 Å². The van der Waals surface area contributed by atoms with Gasteiger partial charge in [0.05, 0.1) is 0 Å². The van der Waals surface area contributed by atoms with E-state index in [1.807, 2.05) is 0 Å². The third-order valence-corrected chi connectivity index (χ3v) is 3.70. The molecule has 0 N–H and O–H groups in total. The second kappa shape index (κ2) is 6.38. The highest BCUT2D eigenvalue weighted by molar-refractivity contribution is 6.27. The number of rotatable bonds is 5. The van der Waals surface area contributed by atoms with Gasteiger partial charge in [0, 0.05) is 13.0 Å². The summed E-state index contributed by atoms with van der Waals surface area (Å²) in [5, 5.41) is 0. The lowest BCUT2D eigenvalue weighted by atomic mass is 9.93. The molecule has 2 aromatic rings. The molecule has 0 fully saturated rings. The van der Waals surface area contributed by atoms with Gasteiger partial charge in [0.2, 0.25) is 9.76 Å². The third kappa shape index (κ3) is 3.28. The van der Waals surface area contributed by atoms with Crippen LogP contribution < -0.4 is 0 Å². The highest BCUT2D eigenvalue weighted by Gasteiger charge is 2.13. The summed E-state index contributed by atoms with van der Waals surface area (Å²) in [5.74, 6) is 0.440.